The van der Waals surface area contributed by atoms with E-state index in [1.54, 1.807) is 24.3 Å². The first-order chi connectivity index (χ1) is 7.17. The molecule has 4 nitrogen and oxygen atoms in total. The number of rotatable bonds is 5. The average Bonchev–Trinajstić information content (AvgIpc) is 2.26. The van der Waals surface area contributed by atoms with Gasteiger partial charge in [0.05, 0.1) is 0 Å². The molecule has 2 atom stereocenters. The lowest BCUT2D eigenvalue weighted by molar-refractivity contribution is -0.561. The molecule has 4 heteroatoms. The highest BCUT2D eigenvalue weighted by Gasteiger charge is 2.47. The van der Waals surface area contributed by atoms with Crippen molar-refractivity contribution in [3.63, 3.8) is 0 Å². The third kappa shape index (κ3) is 2.14. The van der Waals surface area contributed by atoms with Crippen LogP contribution in [0.1, 0.15) is 26.2 Å². The largest absolute Gasteiger partial charge is 0.302 e. The fourth-order valence-corrected chi connectivity index (χ4v) is 1.83. The summed E-state index contributed by atoms with van der Waals surface area (Å²) in [5, 5.41) is 11.1. The summed E-state index contributed by atoms with van der Waals surface area (Å²) < 4.78 is 0. The van der Waals surface area contributed by atoms with Crippen molar-refractivity contribution in [2.75, 3.05) is 0 Å². The fraction of sp³-hybridized carbons (Fsp3) is 0.545. The Hall–Kier alpha value is -1.45. The minimum Gasteiger partial charge on any atom is -0.302 e. The van der Waals surface area contributed by atoms with E-state index in [2.05, 4.69) is 0 Å². The van der Waals surface area contributed by atoms with Gasteiger partial charge in [-0.1, -0.05) is 31.6 Å². The Morgan fingerprint density at radius 1 is 1.53 bits per heavy atom. The van der Waals surface area contributed by atoms with E-state index in [1.165, 1.54) is 0 Å². The van der Waals surface area contributed by atoms with E-state index in [0.29, 0.717) is 12.7 Å². The third-order valence-corrected chi connectivity index (χ3v) is 2.81. The molecule has 0 N–H and O–H groups in total. The molecule has 0 heterocycles. The van der Waals surface area contributed by atoms with Crippen LogP contribution in [0.15, 0.2) is 24.3 Å². The number of nitrogens with zero attached hydrogens (tertiary/aromatic N) is 1. The maximum Gasteiger partial charge on any atom is 0.253 e. The molecule has 0 amide bonds. The lowest BCUT2D eigenvalue weighted by atomic mass is 9.78. The van der Waals surface area contributed by atoms with Crippen LogP contribution in [-0.4, -0.2) is 16.7 Å². The van der Waals surface area contributed by atoms with Gasteiger partial charge in [-0.05, 0) is 12.5 Å². The Morgan fingerprint density at radius 3 is 2.80 bits per heavy atom. The lowest BCUT2D eigenvalue weighted by Gasteiger charge is -2.27. The summed E-state index contributed by atoms with van der Waals surface area (Å²) in [6, 6.07) is 0. The van der Waals surface area contributed by atoms with Crippen molar-refractivity contribution >= 4 is 6.29 Å². The van der Waals surface area contributed by atoms with Crippen LogP contribution < -0.4 is 0 Å². The Morgan fingerprint density at radius 2 is 2.27 bits per heavy atom. The molecule has 15 heavy (non-hydrogen) atoms. The Labute approximate surface area is 88.8 Å². The smallest absolute Gasteiger partial charge is 0.253 e. The SMILES string of the molecule is CCCCC1([N+](=O)[O-])C=CC=CC1C=O. The first-order valence-electron chi connectivity index (χ1n) is 5.13. The number of hydrogen-bond acceptors (Lipinski definition) is 3. The first-order valence-corrected chi connectivity index (χ1v) is 5.13. The van der Waals surface area contributed by atoms with E-state index in [-0.39, 0.29) is 4.92 Å². The van der Waals surface area contributed by atoms with Crippen LogP contribution in [0, 0.1) is 16.0 Å². The Bertz CT molecular complexity index is 309. The molecule has 2 unspecified atom stereocenters. The molecule has 0 fully saturated rings. The summed E-state index contributed by atoms with van der Waals surface area (Å²) >= 11 is 0. The highest BCUT2D eigenvalue weighted by Crippen LogP contribution is 2.31. The van der Waals surface area contributed by atoms with Gasteiger partial charge in [0.15, 0.2) is 0 Å². The van der Waals surface area contributed by atoms with Crippen LogP contribution in [0.5, 0.6) is 0 Å². The van der Waals surface area contributed by atoms with Crippen molar-refractivity contribution in [1.82, 2.24) is 0 Å². The van der Waals surface area contributed by atoms with Crippen molar-refractivity contribution in [3.05, 3.63) is 34.4 Å². The molecule has 0 spiro atoms. The van der Waals surface area contributed by atoms with E-state index in [1.807, 2.05) is 6.92 Å². The van der Waals surface area contributed by atoms with E-state index in [9.17, 15) is 14.9 Å². The molecule has 0 saturated heterocycles. The van der Waals surface area contributed by atoms with Gasteiger partial charge in [-0.15, -0.1) is 0 Å². The molecule has 0 aliphatic heterocycles. The zero-order valence-electron chi connectivity index (χ0n) is 8.76. The molecule has 0 aromatic rings. The molecule has 1 aliphatic carbocycles. The highest BCUT2D eigenvalue weighted by molar-refractivity contribution is 5.61. The molecule has 1 aliphatic rings. The summed E-state index contributed by atoms with van der Waals surface area (Å²) in [5.74, 6) is -0.635. The number of nitro groups is 1. The van der Waals surface area contributed by atoms with Gasteiger partial charge >= 0.3 is 0 Å². The van der Waals surface area contributed by atoms with Crippen LogP contribution in [0.25, 0.3) is 0 Å². The lowest BCUT2D eigenvalue weighted by Crippen LogP contribution is -2.44. The van der Waals surface area contributed by atoms with Gasteiger partial charge in [-0.2, -0.15) is 0 Å². The molecule has 0 aromatic heterocycles. The van der Waals surface area contributed by atoms with E-state index < -0.39 is 11.5 Å². The molecule has 82 valence electrons. The predicted octanol–water partition coefficient (Wildman–Crippen LogP) is 2.13. The third-order valence-electron chi connectivity index (χ3n) is 2.81. The van der Waals surface area contributed by atoms with Crippen molar-refractivity contribution in [1.29, 1.82) is 0 Å². The van der Waals surface area contributed by atoms with Gasteiger partial charge in [-0.3, -0.25) is 10.1 Å². The van der Waals surface area contributed by atoms with Gasteiger partial charge in [0, 0.05) is 11.3 Å². The standard InChI is InChI=1S/C11H15NO3/c1-2-3-7-11(12(14)15)8-5-4-6-10(11)9-13/h4-6,8-10H,2-3,7H2,1H3. The maximum absolute atomic E-state index is 11.1. The molecule has 0 aromatic carbocycles. The van der Waals surface area contributed by atoms with Gasteiger partial charge in [-0.25, -0.2) is 0 Å². The fourth-order valence-electron chi connectivity index (χ4n) is 1.83. The molecule has 0 saturated carbocycles. The summed E-state index contributed by atoms with van der Waals surface area (Å²) in [5.41, 5.74) is -1.22. The second-order valence-corrected chi connectivity index (χ2v) is 3.76. The van der Waals surface area contributed by atoms with E-state index in [0.717, 1.165) is 12.8 Å². The number of allylic oxidation sites excluding steroid dienone is 2. The molecule has 0 bridgehead atoms. The van der Waals surface area contributed by atoms with Crippen LogP contribution in [0.2, 0.25) is 0 Å². The number of carbonyl (C=O) groups is 1. The van der Waals surface area contributed by atoms with Crippen molar-refractivity contribution in [3.8, 4) is 0 Å². The topological polar surface area (TPSA) is 60.2 Å². The second-order valence-electron chi connectivity index (χ2n) is 3.76. The number of aldehydes is 1. The van der Waals surface area contributed by atoms with Crippen molar-refractivity contribution in [2.45, 2.75) is 31.7 Å². The average molecular weight is 209 g/mol. The van der Waals surface area contributed by atoms with Gasteiger partial charge in [0.2, 0.25) is 0 Å². The van der Waals surface area contributed by atoms with Crippen molar-refractivity contribution in [2.24, 2.45) is 5.92 Å². The van der Waals surface area contributed by atoms with E-state index >= 15 is 0 Å². The summed E-state index contributed by atoms with van der Waals surface area (Å²) in [6.45, 7) is 1.98. The Kier molecular flexibility index (Phi) is 3.77. The summed E-state index contributed by atoms with van der Waals surface area (Å²) in [6.07, 6.45) is 9.21. The van der Waals surface area contributed by atoms with Gasteiger partial charge in [0.1, 0.15) is 12.2 Å². The maximum atomic E-state index is 11.1. The monoisotopic (exact) mass is 209 g/mol. The van der Waals surface area contributed by atoms with Crippen LogP contribution in [0.4, 0.5) is 0 Å². The summed E-state index contributed by atoms with van der Waals surface area (Å²) in [7, 11) is 0. The van der Waals surface area contributed by atoms with Crippen LogP contribution in [0.3, 0.4) is 0 Å². The van der Waals surface area contributed by atoms with Crippen LogP contribution >= 0.6 is 0 Å². The zero-order valence-corrected chi connectivity index (χ0v) is 8.76. The number of carbonyl (C=O) groups excluding carboxylic acids is 1. The zero-order chi connectivity index (χ0) is 11.3. The molecule has 1 rings (SSSR count). The summed E-state index contributed by atoms with van der Waals surface area (Å²) in [4.78, 5) is 21.6. The van der Waals surface area contributed by atoms with Gasteiger partial charge < -0.3 is 4.79 Å². The molecular formula is C11H15NO3. The quantitative estimate of drug-likeness (QED) is 0.396. The van der Waals surface area contributed by atoms with E-state index in [4.69, 9.17) is 0 Å². The predicted molar refractivity (Wildman–Crippen MR) is 57.1 cm³/mol. The first kappa shape index (κ1) is 11.6. The van der Waals surface area contributed by atoms with Gasteiger partial charge in [0.25, 0.3) is 5.54 Å². The number of hydrogen-bond donors (Lipinski definition) is 0. The highest BCUT2D eigenvalue weighted by atomic mass is 16.6. The Balaban J connectivity index is 2.97. The molecule has 0 radical (unpaired) electrons. The minimum absolute atomic E-state index is 0.332. The normalized spacial score (nSPS) is 29.0. The minimum atomic E-state index is -1.22. The molecular weight excluding hydrogens is 194 g/mol. The van der Waals surface area contributed by atoms with Crippen LogP contribution in [-0.2, 0) is 4.79 Å². The number of unbranched alkanes of at least 4 members (excludes halogenated alkanes) is 1. The second kappa shape index (κ2) is 4.87. The van der Waals surface area contributed by atoms with Crippen molar-refractivity contribution < 1.29 is 9.72 Å².